The maximum atomic E-state index is 10.9. The fraction of sp³-hybridized carbons (Fsp3) is 0.350. The van der Waals surface area contributed by atoms with Crippen molar-refractivity contribution >= 4 is 17.7 Å². The van der Waals surface area contributed by atoms with E-state index in [0.717, 1.165) is 12.2 Å². The minimum atomic E-state index is -0.934. The van der Waals surface area contributed by atoms with Gasteiger partial charge in [-0.05, 0) is 53.8 Å². The normalized spacial score (nSPS) is 17.8. The average molecular weight is 342 g/mol. The van der Waals surface area contributed by atoms with Crippen molar-refractivity contribution in [2.75, 3.05) is 0 Å². The van der Waals surface area contributed by atoms with Gasteiger partial charge in [-0.2, -0.15) is 0 Å². The van der Waals surface area contributed by atoms with Gasteiger partial charge in [-0.1, -0.05) is 33.8 Å². The van der Waals surface area contributed by atoms with Gasteiger partial charge in [0.05, 0.1) is 5.56 Å². The first-order chi connectivity index (χ1) is 11.2. The van der Waals surface area contributed by atoms with Crippen LogP contribution in [0.2, 0.25) is 0 Å². The van der Waals surface area contributed by atoms with Crippen molar-refractivity contribution in [1.29, 1.82) is 0 Å². The molecule has 0 atom stereocenters. The summed E-state index contributed by atoms with van der Waals surface area (Å²) < 4.78 is 6.10. The molecular weight excluding hydrogens is 320 g/mol. The Kier molecular flexibility index (Phi) is 4.12. The molecule has 1 aliphatic heterocycles. The molecule has 0 fully saturated rings. The van der Waals surface area contributed by atoms with Crippen molar-refractivity contribution in [3.63, 3.8) is 0 Å². The second-order valence-corrected chi connectivity index (χ2v) is 9.26. The van der Waals surface area contributed by atoms with E-state index in [1.54, 1.807) is 24.3 Å². The number of benzene rings is 2. The molecule has 2 aromatic rings. The van der Waals surface area contributed by atoms with Gasteiger partial charge in [0, 0.05) is 9.64 Å². The second kappa shape index (κ2) is 5.85. The predicted molar refractivity (Wildman–Crippen MR) is 97.5 cm³/mol. The molecule has 1 aliphatic rings. The predicted octanol–water partition coefficient (Wildman–Crippen LogP) is 5.73. The Morgan fingerprint density at radius 3 is 2.29 bits per heavy atom. The number of hydrogen-bond donors (Lipinski definition) is 1. The zero-order valence-electron chi connectivity index (χ0n) is 14.4. The molecule has 0 aliphatic carbocycles. The summed E-state index contributed by atoms with van der Waals surface area (Å²) in [5, 5.41) is 8.95. The van der Waals surface area contributed by atoms with Crippen molar-refractivity contribution in [2.24, 2.45) is 0 Å². The number of rotatable bonds is 3. The van der Waals surface area contributed by atoms with E-state index in [2.05, 4.69) is 39.8 Å². The lowest BCUT2D eigenvalue weighted by Gasteiger charge is -2.41. The molecule has 0 saturated carbocycles. The average Bonchev–Trinajstić information content (AvgIpc) is 2.45. The molecule has 0 bridgehead atoms. The van der Waals surface area contributed by atoms with Crippen LogP contribution in [0.4, 0.5) is 0 Å². The molecule has 2 aromatic carbocycles. The third-order valence-corrected chi connectivity index (χ3v) is 5.53. The highest BCUT2D eigenvalue weighted by Crippen LogP contribution is 2.51. The number of hydrogen-bond acceptors (Lipinski definition) is 3. The Morgan fingerprint density at radius 2 is 1.67 bits per heavy atom. The fourth-order valence-corrected chi connectivity index (χ4v) is 5.16. The number of carboxylic acid groups (broad SMARTS) is 1. The van der Waals surface area contributed by atoms with E-state index in [4.69, 9.17) is 9.84 Å². The summed E-state index contributed by atoms with van der Waals surface area (Å²) in [7, 11) is 0. The van der Waals surface area contributed by atoms with E-state index < -0.39 is 5.97 Å². The first-order valence-electron chi connectivity index (χ1n) is 8.01. The van der Waals surface area contributed by atoms with E-state index in [1.165, 1.54) is 10.5 Å². The van der Waals surface area contributed by atoms with Crippen LogP contribution < -0.4 is 4.74 Å². The van der Waals surface area contributed by atoms with Crippen molar-refractivity contribution in [1.82, 2.24) is 0 Å². The highest BCUT2D eigenvalue weighted by atomic mass is 32.2. The van der Waals surface area contributed by atoms with Crippen LogP contribution in [0.15, 0.2) is 47.4 Å². The van der Waals surface area contributed by atoms with Crippen LogP contribution in [-0.4, -0.2) is 15.8 Å². The minimum absolute atomic E-state index is 0.145. The molecule has 0 saturated heterocycles. The number of aromatic carboxylic acids is 1. The molecular formula is C20H22O3S. The molecule has 0 amide bonds. The lowest BCUT2D eigenvalue weighted by Crippen LogP contribution is -2.33. The van der Waals surface area contributed by atoms with Crippen LogP contribution in [-0.2, 0) is 5.41 Å². The molecule has 3 nitrogen and oxygen atoms in total. The SMILES string of the molecule is CC1(C)CC(C)(C)c2ccc(Oc3ccc(C(=O)O)cc3)cc2S1. The molecule has 0 aromatic heterocycles. The van der Waals surface area contributed by atoms with Crippen molar-refractivity contribution < 1.29 is 14.6 Å². The second-order valence-electron chi connectivity index (χ2n) is 7.51. The van der Waals surface area contributed by atoms with Crippen LogP contribution in [0.25, 0.3) is 0 Å². The first-order valence-corrected chi connectivity index (χ1v) is 8.83. The lowest BCUT2D eigenvalue weighted by molar-refractivity contribution is 0.0697. The number of carbonyl (C=O) groups is 1. The van der Waals surface area contributed by atoms with Gasteiger partial charge in [0.15, 0.2) is 0 Å². The van der Waals surface area contributed by atoms with Gasteiger partial charge in [0.25, 0.3) is 0 Å². The molecule has 0 unspecified atom stereocenters. The summed E-state index contributed by atoms with van der Waals surface area (Å²) in [4.78, 5) is 12.2. The fourth-order valence-electron chi connectivity index (χ4n) is 3.50. The number of ether oxygens (including phenoxy) is 1. The highest BCUT2D eigenvalue weighted by molar-refractivity contribution is 8.00. The quantitative estimate of drug-likeness (QED) is 0.774. The topological polar surface area (TPSA) is 46.5 Å². The van der Waals surface area contributed by atoms with Gasteiger partial charge in [0.2, 0.25) is 0 Å². The molecule has 24 heavy (non-hydrogen) atoms. The van der Waals surface area contributed by atoms with Crippen LogP contribution in [0, 0.1) is 0 Å². The van der Waals surface area contributed by atoms with Gasteiger partial charge in [-0.15, -0.1) is 11.8 Å². The lowest BCUT2D eigenvalue weighted by atomic mass is 9.77. The van der Waals surface area contributed by atoms with Gasteiger partial charge in [-0.3, -0.25) is 0 Å². The van der Waals surface area contributed by atoms with E-state index in [1.807, 2.05) is 17.8 Å². The molecule has 1 heterocycles. The number of carboxylic acids is 1. The number of thioether (sulfide) groups is 1. The standard InChI is InChI=1S/C20H22O3S/c1-19(2)12-20(3,4)24-17-11-15(9-10-16(17)19)23-14-7-5-13(6-8-14)18(21)22/h5-11H,12H2,1-4H3,(H,21,22). The molecule has 0 spiro atoms. The summed E-state index contributed by atoms with van der Waals surface area (Å²) in [6.07, 6.45) is 1.13. The van der Waals surface area contributed by atoms with Crippen LogP contribution in [0.3, 0.4) is 0 Å². The molecule has 3 rings (SSSR count). The maximum Gasteiger partial charge on any atom is 0.335 e. The molecule has 0 radical (unpaired) electrons. The third kappa shape index (κ3) is 3.44. The Bertz CT molecular complexity index is 776. The van der Waals surface area contributed by atoms with Crippen molar-refractivity contribution in [3.8, 4) is 11.5 Å². The molecule has 4 heteroatoms. The van der Waals surface area contributed by atoms with Gasteiger partial charge >= 0.3 is 5.97 Å². The molecule has 1 N–H and O–H groups in total. The Hall–Kier alpha value is -1.94. The largest absolute Gasteiger partial charge is 0.478 e. The van der Waals surface area contributed by atoms with Gasteiger partial charge < -0.3 is 9.84 Å². The monoisotopic (exact) mass is 342 g/mol. The van der Waals surface area contributed by atoms with E-state index in [-0.39, 0.29) is 15.7 Å². The summed E-state index contributed by atoms with van der Waals surface area (Å²) in [5.41, 5.74) is 1.76. The van der Waals surface area contributed by atoms with E-state index in [0.29, 0.717) is 5.75 Å². The van der Waals surface area contributed by atoms with E-state index >= 15 is 0 Å². The number of fused-ring (bicyclic) bond motifs is 1. The first kappa shape index (κ1) is 16.9. The summed E-state index contributed by atoms with van der Waals surface area (Å²) in [6.45, 7) is 9.14. The maximum absolute atomic E-state index is 10.9. The summed E-state index contributed by atoms with van der Waals surface area (Å²) in [5.74, 6) is 0.480. The smallest absolute Gasteiger partial charge is 0.335 e. The van der Waals surface area contributed by atoms with Gasteiger partial charge in [-0.25, -0.2) is 4.79 Å². The zero-order chi connectivity index (χ0) is 17.5. The molecule has 126 valence electrons. The van der Waals surface area contributed by atoms with E-state index in [9.17, 15) is 4.79 Å². The zero-order valence-corrected chi connectivity index (χ0v) is 15.2. The minimum Gasteiger partial charge on any atom is -0.478 e. The Morgan fingerprint density at radius 1 is 1.04 bits per heavy atom. The van der Waals surface area contributed by atoms with Crippen molar-refractivity contribution in [2.45, 2.75) is 49.2 Å². The Balaban J connectivity index is 1.87. The Labute approximate surface area is 147 Å². The van der Waals surface area contributed by atoms with Crippen LogP contribution >= 0.6 is 11.8 Å². The summed E-state index contributed by atoms with van der Waals surface area (Å²) in [6, 6.07) is 12.7. The van der Waals surface area contributed by atoms with Crippen molar-refractivity contribution in [3.05, 3.63) is 53.6 Å². The highest BCUT2D eigenvalue weighted by Gasteiger charge is 2.38. The summed E-state index contributed by atoms with van der Waals surface area (Å²) >= 11 is 1.89. The van der Waals surface area contributed by atoms with Gasteiger partial charge in [0.1, 0.15) is 11.5 Å². The third-order valence-electron chi connectivity index (χ3n) is 4.27. The van der Waals surface area contributed by atoms with Crippen LogP contribution in [0.5, 0.6) is 11.5 Å². The van der Waals surface area contributed by atoms with Crippen LogP contribution in [0.1, 0.15) is 50.0 Å².